The zero-order valence-electron chi connectivity index (χ0n) is 11.8. The molecule has 20 heavy (non-hydrogen) atoms. The highest BCUT2D eigenvalue weighted by molar-refractivity contribution is 5.73. The van der Waals surface area contributed by atoms with Crippen LogP contribution in [0.3, 0.4) is 0 Å². The molecule has 4 heteroatoms. The lowest BCUT2D eigenvalue weighted by atomic mass is 9.96. The van der Waals surface area contributed by atoms with Gasteiger partial charge in [0.15, 0.2) is 0 Å². The molecular weight excluding hydrogens is 252 g/mol. The van der Waals surface area contributed by atoms with Gasteiger partial charge in [0.25, 0.3) is 0 Å². The van der Waals surface area contributed by atoms with Crippen LogP contribution in [0.2, 0.25) is 0 Å². The van der Waals surface area contributed by atoms with Gasteiger partial charge < -0.3 is 9.30 Å². The monoisotopic (exact) mass is 270 g/mol. The Balaban J connectivity index is 1.94. The van der Waals surface area contributed by atoms with Gasteiger partial charge in [-0.1, -0.05) is 24.3 Å². The standard InChI is InChI=1S/C16H18N2O2/c1-11-5-3-4-6-14(11)15-17-10-13-9-12(16(19)20-2)7-8-18(13)15/h3-6,10,12H,7-9H2,1-2H3. The van der Waals surface area contributed by atoms with Crippen LogP contribution in [-0.2, 0) is 22.5 Å². The van der Waals surface area contributed by atoms with Crippen LogP contribution in [0, 0.1) is 12.8 Å². The summed E-state index contributed by atoms with van der Waals surface area (Å²) in [6.07, 6.45) is 3.41. The quantitative estimate of drug-likeness (QED) is 0.788. The summed E-state index contributed by atoms with van der Waals surface area (Å²) in [4.78, 5) is 16.2. The summed E-state index contributed by atoms with van der Waals surface area (Å²) in [5.41, 5.74) is 3.50. The van der Waals surface area contributed by atoms with Crippen LogP contribution in [0.1, 0.15) is 17.7 Å². The molecule has 0 saturated carbocycles. The zero-order valence-corrected chi connectivity index (χ0v) is 11.8. The highest BCUT2D eigenvalue weighted by Gasteiger charge is 2.27. The third-order valence-corrected chi connectivity index (χ3v) is 4.02. The molecule has 0 N–H and O–H groups in total. The van der Waals surface area contributed by atoms with Gasteiger partial charge in [-0.2, -0.15) is 0 Å². The Morgan fingerprint density at radius 1 is 1.40 bits per heavy atom. The van der Waals surface area contributed by atoms with Crippen molar-refractivity contribution >= 4 is 5.97 Å². The highest BCUT2D eigenvalue weighted by atomic mass is 16.5. The van der Waals surface area contributed by atoms with Crippen molar-refractivity contribution in [2.24, 2.45) is 5.92 Å². The summed E-state index contributed by atoms with van der Waals surface area (Å²) < 4.78 is 7.07. The number of carbonyl (C=O) groups excluding carboxylic acids is 1. The van der Waals surface area contributed by atoms with Gasteiger partial charge >= 0.3 is 5.97 Å². The minimum absolute atomic E-state index is 0.0334. The lowest BCUT2D eigenvalue weighted by molar-refractivity contribution is -0.146. The van der Waals surface area contributed by atoms with Gasteiger partial charge in [-0.05, 0) is 18.9 Å². The van der Waals surface area contributed by atoms with E-state index in [0.29, 0.717) is 6.42 Å². The first-order chi connectivity index (χ1) is 9.70. The van der Waals surface area contributed by atoms with Crippen LogP contribution in [0.5, 0.6) is 0 Å². The molecule has 0 bridgehead atoms. The fourth-order valence-corrected chi connectivity index (χ4v) is 2.87. The van der Waals surface area contributed by atoms with E-state index in [1.165, 1.54) is 12.7 Å². The van der Waals surface area contributed by atoms with E-state index in [-0.39, 0.29) is 11.9 Å². The van der Waals surface area contributed by atoms with Crippen LogP contribution in [-0.4, -0.2) is 22.6 Å². The van der Waals surface area contributed by atoms with Crippen LogP contribution in [0.4, 0.5) is 0 Å². The van der Waals surface area contributed by atoms with Crippen LogP contribution < -0.4 is 0 Å². The summed E-state index contributed by atoms with van der Waals surface area (Å²) in [5, 5.41) is 0. The number of imidazole rings is 1. The number of hydrogen-bond donors (Lipinski definition) is 0. The van der Waals surface area contributed by atoms with Crippen molar-refractivity contribution < 1.29 is 9.53 Å². The van der Waals surface area contributed by atoms with Gasteiger partial charge in [0.2, 0.25) is 0 Å². The molecule has 0 amide bonds. The number of hydrogen-bond acceptors (Lipinski definition) is 3. The first kappa shape index (κ1) is 12.9. The summed E-state index contributed by atoms with van der Waals surface area (Å²) in [7, 11) is 1.45. The molecule has 1 atom stereocenters. The van der Waals surface area contributed by atoms with Crippen molar-refractivity contribution in [3.63, 3.8) is 0 Å². The van der Waals surface area contributed by atoms with E-state index in [9.17, 15) is 4.79 Å². The van der Waals surface area contributed by atoms with E-state index in [4.69, 9.17) is 4.74 Å². The van der Waals surface area contributed by atoms with Crippen molar-refractivity contribution in [3.8, 4) is 11.4 Å². The molecule has 0 saturated heterocycles. The fourth-order valence-electron chi connectivity index (χ4n) is 2.87. The van der Waals surface area contributed by atoms with Gasteiger partial charge in [-0.25, -0.2) is 4.98 Å². The number of aryl methyl sites for hydroxylation is 1. The lowest BCUT2D eigenvalue weighted by Crippen LogP contribution is -2.26. The van der Waals surface area contributed by atoms with Crippen molar-refractivity contribution in [2.75, 3.05) is 7.11 Å². The number of rotatable bonds is 2. The molecule has 0 spiro atoms. The summed E-state index contributed by atoms with van der Waals surface area (Å²) in [5.74, 6) is 0.852. The molecule has 3 rings (SSSR count). The van der Waals surface area contributed by atoms with Crippen molar-refractivity contribution in [2.45, 2.75) is 26.3 Å². The average molecular weight is 270 g/mol. The Morgan fingerprint density at radius 2 is 2.20 bits per heavy atom. The number of aromatic nitrogens is 2. The second-order valence-corrected chi connectivity index (χ2v) is 5.25. The topological polar surface area (TPSA) is 44.1 Å². The largest absolute Gasteiger partial charge is 0.469 e. The van der Waals surface area contributed by atoms with Crippen molar-refractivity contribution in [1.82, 2.24) is 9.55 Å². The Kier molecular flexibility index (Phi) is 3.30. The highest BCUT2D eigenvalue weighted by Crippen LogP contribution is 2.29. The maximum atomic E-state index is 11.7. The molecule has 1 unspecified atom stereocenters. The number of ether oxygens (including phenoxy) is 1. The minimum Gasteiger partial charge on any atom is -0.469 e. The molecule has 0 radical (unpaired) electrons. The summed E-state index contributed by atoms with van der Waals surface area (Å²) >= 11 is 0. The molecule has 4 nitrogen and oxygen atoms in total. The Bertz CT molecular complexity index is 646. The Hall–Kier alpha value is -2.10. The van der Waals surface area contributed by atoms with E-state index < -0.39 is 0 Å². The van der Waals surface area contributed by atoms with E-state index in [1.807, 2.05) is 18.3 Å². The van der Waals surface area contributed by atoms with Crippen molar-refractivity contribution in [3.05, 3.63) is 41.7 Å². The molecule has 1 aliphatic rings. The van der Waals surface area contributed by atoms with Gasteiger partial charge in [0, 0.05) is 30.4 Å². The number of esters is 1. The van der Waals surface area contributed by atoms with E-state index in [0.717, 1.165) is 30.0 Å². The first-order valence-electron chi connectivity index (χ1n) is 6.89. The first-order valence-corrected chi connectivity index (χ1v) is 6.89. The van der Waals surface area contributed by atoms with E-state index >= 15 is 0 Å². The molecule has 1 aromatic heterocycles. The average Bonchev–Trinajstić information content (AvgIpc) is 2.90. The minimum atomic E-state index is -0.116. The van der Waals surface area contributed by atoms with Crippen LogP contribution >= 0.6 is 0 Å². The second-order valence-electron chi connectivity index (χ2n) is 5.25. The summed E-state index contributed by atoms with van der Waals surface area (Å²) in [6, 6.07) is 8.25. The molecular formula is C16H18N2O2. The van der Waals surface area contributed by atoms with E-state index in [1.54, 1.807) is 0 Å². The van der Waals surface area contributed by atoms with E-state index in [2.05, 4.69) is 28.6 Å². The second kappa shape index (κ2) is 5.12. The molecule has 104 valence electrons. The summed E-state index contributed by atoms with van der Waals surface area (Å²) in [6.45, 7) is 2.91. The number of fused-ring (bicyclic) bond motifs is 1. The van der Waals surface area contributed by atoms with Gasteiger partial charge in [-0.15, -0.1) is 0 Å². The molecule has 0 fully saturated rings. The Labute approximate surface area is 118 Å². The zero-order chi connectivity index (χ0) is 14.1. The van der Waals surface area contributed by atoms with Crippen LogP contribution in [0.15, 0.2) is 30.5 Å². The Morgan fingerprint density at radius 3 is 2.95 bits per heavy atom. The third-order valence-electron chi connectivity index (χ3n) is 4.02. The van der Waals surface area contributed by atoms with Gasteiger partial charge in [0.1, 0.15) is 5.82 Å². The fraction of sp³-hybridized carbons (Fsp3) is 0.375. The predicted octanol–water partition coefficient (Wildman–Crippen LogP) is 2.59. The third kappa shape index (κ3) is 2.11. The number of methoxy groups -OCH3 is 1. The molecule has 2 heterocycles. The number of nitrogens with zero attached hydrogens (tertiary/aromatic N) is 2. The van der Waals surface area contributed by atoms with Gasteiger partial charge in [0.05, 0.1) is 13.0 Å². The maximum absolute atomic E-state index is 11.7. The van der Waals surface area contributed by atoms with Gasteiger partial charge in [-0.3, -0.25) is 4.79 Å². The number of carbonyl (C=O) groups is 1. The van der Waals surface area contributed by atoms with Crippen molar-refractivity contribution in [1.29, 1.82) is 0 Å². The maximum Gasteiger partial charge on any atom is 0.309 e. The predicted molar refractivity (Wildman–Crippen MR) is 76.2 cm³/mol. The SMILES string of the molecule is COC(=O)C1CCn2c(cnc2-c2ccccc2C)C1. The molecule has 1 aliphatic heterocycles. The van der Waals surface area contributed by atoms with Crippen LogP contribution in [0.25, 0.3) is 11.4 Å². The lowest BCUT2D eigenvalue weighted by Gasteiger charge is -2.23. The smallest absolute Gasteiger partial charge is 0.309 e. The normalized spacial score (nSPS) is 17.6. The number of benzene rings is 1. The molecule has 1 aromatic carbocycles. The molecule has 2 aromatic rings. The molecule has 0 aliphatic carbocycles.